The Labute approximate surface area is 123 Å². The molecule has 2 N–H and O–H groups in total. The molecule has 2 aromatic rings. The fourth-order valence-corrected chi connectivity index (χ4v) is 2.89. The van der Waals surface area contributed by atoms with Crippen LogP contribution in [0.15, 0.2) is 24.4 Å². The van der Waals surface area contributed by atoms with Gasteiger partial charge in [-0.15, -0.1) is 0 Å². The number of imidazole rings is 1. The van der Waals surface area contributed by atoms with Crippen molar-refractivity contribution >= 4 is 11.5 Å². The summed E-state index contributed by atoms with van der Waals surface area (Å²) in [6.45, 7) is 2.16. The number of hydrogen-bond acceptors (Lipinski definition) is 5. The number of anilines is 1. The zero-order valence-electron chi connectivity index (χ0n) is 12.0. The quantitative estimate of drug-likeness (QED) is 0.853. The lowest BCUT2D eigenvalue weighted by atomic mass is 10.1. The van der Waals surface area contributed by atoms with Crippen LogP contribution in [0.1, 0.15) is 18.5 Å². The Morgan fingerprint density at radius 2 is 2.05 bits per heavy atom. The van der Waals surface area contributed by atoms with Crippen molar-refractivity contribution in [3.05, 3.63) is 30.1 Å². The summed E-state index contributed by atoms with van der Waals surface area (Å²) >= 11 is 0. The molecule has 0 radical (unpaired) electrons. The summed E-state index contributed by atoms with van der Waals surface area (Å²) in [6.07, 6.45) is 3.97. The first kappa shape index (κ1) is 14.3. The fourth-order valence-electron chi connectivity index (χ4n) is 2.89. The van der Waals surface area contributed by atoms with E-state index in [1.807, 2.05) is 28.8 Å². The maximum atomic E-state index is 9.66. The van der Waals surface area contributed by atoms with Crippen molar-refractivity contribution in [3.63, 3.8) is 0 Å². The van der Waals surface area contributed by atoms with E-state index in [-0.39, 0.29) is 19.3 Å². The molecule has 6 nitrogen and oxygen atoms in total. The monoisotopic (exact) mass is 291 g/mol. The predicted molar refractivity (Wildman–Crippen MR) is 79.4 cm³/mol. The number of aliphatic hydroxyl groups excluding tert-OH is 2. The zero-order valence-corrected chi connectivity index (χ0v) is 12.0. The highest BCUT2D eigenvalue weighted by molar-refractivity contribution is 5.56. The molecular weight excluding hydrogens is 270 g/mol. The molecule has 0 amide bonds. The van der Waals surface area contributed by atoms with Crippen LogP contribution in [0.4, 0.5) is 5.82 Å². The van der Waals surface area contributed by atoms with Crippen molar-refractivity contribution < 1.29 is 14.9 Å². The van der Waals surface area contributed by atoms with Crippen molar-refractivity contribution in [2.24, 2.45) is 0 Å². The summed E-state index contributed by atoms with van der Waals surface area (Å²) in [5.41, 5.74) is 1.69. The van der Waals surface area contributed by atoms with Crippen LogP contribution in [0.5, 0.6) is 0 Å². The Bertz CT molecular complexity index is 591. The molecule has 21 heavy (non-hydrogen) atoms. The third kappa shape index (κ3) is 2.88. The zero-order chi connectivity index (χ0) is 14.7. The lowest BCUT2D eigenvalue weighted by molar-refractivity contribution is 0.0158. The molecular formula is C15H21N3O3. The molecule has 0 saturated carbocycles. The average molecular weight is 291 g/mol. The van der Waals surface area contributed by atoms with Gasteiger partial charge in [0, 0.05) is 19.3 Å². The van der Waals surface area contributed by atoms with E-state index in [2.05, 4.69) is 9.88 Å². The van der Waals surface area contributed by atoms with Crippen molar-refractivity contribution in [1.29, 1.82) is 0 Å². The number of nitrogens with zero attached hydrogens (tertiary/aromatic N) is 3. The second-order valence-electron chi connectivity index (χ2n) is 5.25. The van der Waals surface area contributed by atoms with Gasteiger partial charge in [0.2, 0.25) is 0 Å². The summed E-state index contributed by atoms with van der Waals surface area (Å²) in [4.78, 5) is 6.85. The minimum Gasteiger partial charge on any atom is -0.394 e. The molecule has 3 heterocycles. The lowest BCUT2D eigenvalue weighted by Gasteiger charge is -2.32. The van der Waals surface area contributed by atoms with Crippen molar-refractivity contribution in [2.75, 3.05) is 31.2 Å². The van der Waals surface area contributed by atoms with Crippen LogP contribution >= 0.6 is 0 Å². The number of hydrogen-bond donors (Lipinski definition) is 2. The van der Waals surface area contributed by atoms with Crippen LogP contribution in [0.2, 0.25) is 0 Å². The van der Waals surface area contributed by atoms with Gasteiger partial charge in [0.1, 0.15) is 5.65 Å². The molecule has 0 atom stereocenters. The molecule has 1 aliphatic rings. The van der Waals surface area contributed by atoms with Crippen molar-refractivity contribution in [1.82, 2.24) is 9.38 Å². The summed E-state index contributed by atoms with van der Waals surface area (Å²) < 4.78 is 7.51. The third-order valence-electron chi connectivity index (χ3n) is 3.94. The van der Waals surface area contributed by atoms with E-state index in [1.54, 1.807) is 0 Å². The highest BCUT2D eigenvalue weighted by atomic mass is 16.5. The number of ether oxygens (including phenoxy) is 1. The maximum Gasteiger partial charge on any atom is 0.153 e. The van der Waals surface area contributed by atoms with Crippen molar-refractivity contribution in [2.45, 2.75) is 25.6 Å². The topological polar surface area (TPSA) is 70.2 Å². The Morgan fingerprint density at radius 1 is 1.24 bits per heavy atom. The molecule has 2 aromatic heterocycles. The Kier molecular flexibility index (Phi) is 4.38. The van der Waals surface area contributed by atoms with Gasteiger partial charge in [-0.1, -0.05) is 6.07 Å². The number of aromatic nitrogens is 2. The minimum atomic E-state index is -0.0263. The number of rotatable bonds is 5. The molecule has 1 fully saturated rings. The molecule has 114 valence electrons. The third-order valence-corrected chi connectivity index (χ3v) is 3.94. The van der Waals surface area contributed by atoms with Gasteiger partial charge < -0.3 is 19.8 Å². The van der Waals surface area contributed by atoms with Gasteiger partial charge in [0.15, 0.2) is 5.82 Å². The number of piperidine rings is 1. The lowest BCUT2D eigenvalue weighted by Crippen LogP contribution is -2.38. The smallest absolute Gasteiger partial charge is 0.153 e. The molecule has 0 spiro atoms. The molecule has 0 aromatic carbocycles. The van der Waals surface area contributed by atoms with Crippen LogP contribution in [0.3, 0.4) is 0 Å². The van der Waals surface area contributed by atoms with Gasteiger partial charge in [-0.05, 0) is 25.0 Å². The molecule has 6 heteroatoms. The normalized spacial score (nSPS) is 16.8. The van der Waals surface area contributed by atoms with E-state index in [9.17, 15) is 5.11 Å². The average Bonchev–Trinajstić information content (AvgIpc) is 2.92. The van der Waals surface area contributed by atoms with E-state index in [4.69, 9.17) is 9.84 Å². The first-order chi connectivity index (χ1) is 10.3. The minimum absolute atomic E-state index is 0.0263. The van der Waals surface area contributed by atoms with Gasteiger partial charge in [0.05, 0.1) is 31.6 Å². The van der Waals surface area contributed by atoms with Gasteiger partial charge in [-0.3, -0.25) is 4.40 Å². The number of pyridine rings is 1. The van der Waals surface area contributed by atoms with Gasteiger partial charge in [-0.25, -0.2) is 4.98 Å². The standard InChI is InChI=1S/C15H21N3O3/c19-9-10-21-12-4-7-17(8-5-12)15-13(11-20)18-6-2-1-3-14(18)16-15/h1-3,6,12,19-20H,4-5,7-11H2. The summed E-state index contributed by atoms with van der Waals surface area (Å²) in [7, 11) is 0. The largest absolute Gasteiger partial charge is 0.394 e. The molecule has 1 aliphatic heterocycles. The van der Waals surface area contributed by atoms with E-state index >= 15 is 0 Å². The molecule has 0 unspecified atom stereocenters. The summed E-state index contributed by atoms with van der Waals surface area (Å²) in [5, 5.41) is 18.5. The SMILES string of the molecule is OCCOC1CCN(c2nc3ccccn3c2CO)CC1. The molecule has 0 bridgehead atoms. The Morgan fingerprint density at radius 3 is 2.76 bits per heavy atom. The first-order valence-corrected chi connectivity index (χ1v) is 7.37. The van der Waals surface area contributed by atoms with E-state index in [1.165, 1.54) is 0 Å². The van der Waals surface area contributed by atoms with Crippen LogP contribution in [-0.2, 0) is 11.3 Å². The van der Waals surface area contributed by atoms with E-state index in [0.29, 0.717) is 6.61 Å². The first-order valence-electron chi connectivity index (χ1n) is 7.37. The molecule has 1 saturated heterocycles. The number of aliphatic hydroxyl groups is 2. The Balaban J connectivity index is 1.76. The molecule has 3 rings (SSSR count). The second kappa shape index (κ2) is 6.43. The van der Waals surface area contributed by atoms with Gasteiger partial charge in [0.25, 0.3) is 0 Å². The van der Waals surface area contributed by atoms with Crippen molar-refractivity contribution in [3.8, 4) is 0 Å². The van der Waals surface area contributed by atoms with E-state index in [0.717, 1.165) is 43.1 Å². The summed E-state index contributed by atoms with van der Waals surface area (Å²) in [6, 6.07) is 5.83. The van der Waals surface area contributed by atoms with E-state index < -0.39 is 0 Å². The maximum absolute atomic E-state index is 9.66. The van der Waals surface area contributed by atoms with Crippen LogP contribution in [-0.4, -0.2) is 52.0 Å². The molecule has 0 aliphatic carbocycles. The fraction of sp³-hybridized carbons (Fsp3) is 0.533. The van der Waals surface area contributed by atoms with Crippen LogP contribution in [0, 0.1) is 0 Å². The highest BCUT2D eigenvalue weighted by Crippen LogP contribution is 2.25. The van der Waals surface area contributed by atoms with Crippen LogP contribution < -0.4 is 4.90 Å². The summed E-state index contributed by atoms with van der Waals surface area (Å²) in [5.74, 6) is 0.865. The van der Waals surface area contributed by atoms with Crippen LogP contribution in [0.25, 0.3) is 5.65 Å². The highest BCUT2D eigenvalue weighted by Gasteiger charge is 2.24. The predicted octanol–water partition coefficient (Wildman–Crippen LogP) is 0.804. The Hall–Kier alpha value is -1.63. The number of fused-ring (bicyclic) bond motifs is 1. The second-order valence-corrected chi connectivity index (χ2v) is 5.25. The van der Waals surface area contributed by atoms with Gasteiger partial charge in [-0.2, -0.15) is 0 Å². The van der Waals surface area contributed by atoms with Gasteiger partial charge >= 0.3 is 0 Å².